The van der Waals surface area contributed by atoms with E-state index in [1.54, 1.807) is 21.8 Å². The second-order valence-corrected chi connectivity index (χ2v) is 11.6. The van der Waals surface area contributed by atoms with Crippen molar-refractivity contribution in [1.29, 1.82) is 5.41 Å². The molecule has 4 N–H and O–H groups in total. The maximum Gasteiger partial charge on any atom is 0.312 e. The number of nitrogens with one attached hydrogen (secondary N) is 3. The van der Waals surface area contributed by atoms with E-state index in [0.29, 0.717) is 22.1 Å². The lowest BCUT2D eigenvalue weighted by molar-refractivity contribution is 0.125. The maximum atomic E-state index is 13.9. The van der Waals surface area contributed by atoms with Crippen molar-refractivity contribution in [3.63, 3.8) is 0 Å². The van der Waals surface area contributed by atoms with Crippen LogP contribution in [0.1, 0.15) is 23.0 Å². The summed E-state index contributed by atoms with van der Waals surface area (Å²) >= 11 is 7.64. The Bertz CT molecular complexity index is 1400. The van der Waals surface area contributed by atoms with E-state index >= 15 is 0 Å². The van der Waals surface area contributed by atoms with Crippen LogP contribution in [0.5, 0.6) is 0 Å². The van der Waals surface area contributed by atoms with E-state index in [1.807, 2.05) is 0 Å². The Hall–Kier alpha value is -2.78. The van der Waals surface area contributed by atoms with Gasteiger partial charge >= 0.3 is 6.55 Å². The van der Waals surface area contributed by atoms with Crippen molar-refractivity contribution in [3.8, 4) is 0 Å². The number of alkyl halides is 2. The number of benzene rings is 1. The summed E-state index contributed by atoms with van der Waals surface area (Å²) in [6.45, 7) is -3.46. The van der Waals surface area contributed by atoms with Crippen molar-refractivity contribution in [1.82, 2.24) is 19.9 Å². The van der Waals surface area contributed by atoms with E-state index in [0.717, 1.165) is 24.6 Å². The third kappa shape index (κ3) is 5.88. The number of rotatable bonds is 9. The summed E-state index contributed by atoms with van der Waals surface area (Å²) in [7, 11) is -3.77. The van der Waals surface area contributed by atoms with Gasteiger partial charge in [0.1, 0.15) is 11.9 Å². The van der Waals surface area contributed by atoms with Gasteiger partial charge in [-0.3, -0.25) is 4.99 Å². The summed E-state index contributed by atoms with van der Waals surface area (Å²) in [5, 5.41) is 23.0. The lowest BCUT2D eigenvalue weighted by Gasteiger charge is -2.33. The molecule has 0 bridgehead atoms. The zero-order chi connectivity index (χ0) is 27.0. The molecule has 1 aromatic heterocycles. The number of amidine groups is 1. The van der Waals surface area contributed by atoms with Gasteiger partial charge in [-0.1, -0.05) is 17.7 Å². The number of thiazole rings is 1. The number of fused-ring (bicyclic) bond motifs is 1. The molecule has 198 valence electrons. The number of sulfonamides is 1. The third-order valence-electron chi connectivity index (χ3n) is 5.73. The zero-order valence-corrected chi connectivity index (χ0v) is 21.6. The highest BCUT2D eigenvalue weighted by atomic mass is 35.5. The molecule has 2 aliphatic rings. The highest BCUT2D eigenvalue weighted by Crippen LogP contribution is 2.45. The fourth-order valence-corrected chi connectivity index (χ4v) is 6.28. The van der Waals surface area contributed by atoms with Gasteiger partial charge < -0.3 is 20.7 Å². The first kappa shape index (κ1) is 27.3. The molecule has 4 rings (SSSR count). The number of hydrogen-bond acceptors (Lipinski definition) is 9. The lowest BCUT2D eigenvalue weighted by atomic mass is 9.89. The van der Waals surface area contributed by atoms with Gasteiger partial charge in [0.2, 0.25) is 10.0 Å². The van der Waals surface area contributed by atoms with Gasteiger partial charge in [0.05, 0.1) is 24.1 Å². The van der Waals surface area contributed by atoms with Crippen LogP contribution < -0.4 is 10.0 Å². The Morgan fingerprint density at radius 3 is 2.81 bits per heavy atom. The molecule has 1 aromatic carbocycles. The molecule has 3 heterocycles. The average Bonchev–Trinajstić information content (AvgIpc) is 3.45. The van der Waals surface area contributed by atoms with Crippen LogP contribution in [-0.4, -0.2) is 66.5 Å². The Balaban J connectivity index is 1.94. The first-order valence-corrected chi connectivity index (χ1v) is 13.9. The number of halogens is 4. The van der Waals surface area contributed by atoms with Gasteiger partial charge in [-0.15, -0.1) is 11.3 Å². The van der Waals surface area contributed by atoms with Gasteiger partial charge in [-0.2, -0.15) is 8.78 Å². The number of aromatic nitrogens is 1. The van der Waals surface area contributed by atoms with Crippen molar-refractivity contribution in [2.45, 2.75) is 24.6 Å². The fourth-order valence-electron chi connectivity index (χ4n) is 4.38. The molecule has 0 aliphatic carbocycles. The van der Waals surface area contributed by atoms with E-state index in [9.17, 15) is 26.7 Å². The summed E-state index contributed by atoms with van der Waals surface area (Å²) in [5.41, 5.74) is -0.585. The number of nitrogens with zero attached hydrogens (tertiary/aromatic N) is 3. The minimum absolute atomic E-state index is 0.0296. The predicted molar refractivity (Wildman–Crippen MR) is 135 cm³/mol. The summed E-state index contributed by atoms with van der Waals surface area (Å²) < 4.78 is 66.0. The predicted octanol–water partition coefficient (Wildman–Crippen LogP) is 3.02. The van der Waals surface area contributed by atoms with Crippen molar-refractivity contribution >= 4 is 44.5 Å². The van der Waals surface area contributed by atoms with Gasteiger partial charge in [-0.05, 0) is 18.2 Å². The van der Waals surface area contributed by atoms with Gasteiger partial charge in [0.25, 0.3) is 0 Å². The van der Waals surface area contributed by atoms with Crippen LogP contribution in [0.3, 0.4) is 0 Å². The van der Waals surface area contributed by atoms with E-state index in [2.05, 4.69) is 9.71 Å². The van der Waals surface area contributed by atoms with E-state index in [1.165, 1.54) is 23.5 Å². The van der Waals surface area contributed by atoms with Crippen LogP contribution in [-0.2, 0) is 10.0 Å². The molecule has 0 saturated carbocycles. The fraction of sp³-hybridized carbons (Fsp3) is 0.318. The summed E-state index contributed by atoms with van der Waals surface area (Å²) in [6, 6.07) is 2.72. The second-order valence-electron chi connectivity index (χ2n) is 8.51. The molecule has 37 heavy (non-hydrogen) atoms. The van der Waals surface area contributed by atoms with Crippen LogP contribution in [0.25, 0.3) is 0 Å². The SMILES string of the molecule is CS(=O)(=O)N[C@]1(CO)CC2=C(C(=N)/C=C\NC(F)F)[C@H](c3ccc(F)cc3Cl)N=C(c3nccs3)N2C1. The van der Waals surface area contributed by atoms with Crippen molar-refractivity contribution in [2.75, 3.05) is 19.4 Å². The Labute approximate surface area is 219 Å². The molecule has 2 aliphatic heterocycles. The van der Waals surface area contributed by atoms with Crippen molar-refractivity contribution in [2.24, 2.45) is 4.99 Å². The number of aliphatic imine (C=N–C) groups is 1. The molecular weight excluding hydrogens is 553 g/mol. The van der Waals surface area contributed by atoms with Crippen LogP contribution in [0, 0.1) is 11.2 Å². The molecular formula is C22H22ClF3N6O3S2. The minimum Gasteiger partial charge on any atom is -0.394 e. The van der Waals surface area contributed by atoms with Crippen molar-refractivity contribution < 1.29 is 26.7 Å². The Morgan fingerprint density at radius 2 is 2.22 bits per heavy atom. The topological polar surface area (TPSA) is 131 Å². The number of allylic oxidation sites excluding steroid dienone is 1. The van der Waals surface area contributed by atoms with Crippen LogP contribution in [0.15, 0.2) is 58.3 Å². The molecule has 2 atom stereocenters. The Morgan fingerprint density at radius 1 is 1.46 bits per heavy atom. The molecule has 0 amide bonds. The lowest BCUT2D eigenvalue weighted by Crippen LogP contribution is -2.53. The van der Waals surface area contributed by atoms with E-state index in [4.69, 9.17) is 22.0 Å². The molecule has 0 unspecified atom stereocenters. The quantitative estimate of drug-likeness (QED) is 0.269. The molecule has 0 radical (unpaired) electrons. The summed E-state index contributed by atoms with van der Waals surface area (Å²) in [5.74, 6) is -0.245. The van der Waals surface area contributed by atoms with Gasteiger partial charge in [-0.25, -0.2) is 22.5 Å². The smallest absolute Gasteiger partial charge is 0.312 e. The molecule has 2 aromatic rings. The van der Waals surface area contributed by atoms with Gasteiger partial charge in [0, 0.05) is 52.6 Å². The van der Waals surface area contributed by atoms with Crippen LogP contribution >= 0.6 is 22.9 Å². The van der Waals surface area contributed by atoms with Crippen molar-refractivity contribution in [3.05, 3.63) is 74.7 Å². The first-order chi connectivity index (χ1) is 17.4. The Kier molecular flexibility index (Phi) is 7.76. The van der Waals surface area contributed by atoms with E-state index < -0.39 is 40.6 Å². The monoisotopic (exact) mass is 574 g/mol. The van der Waals surface area contributed by atoms with E-state index in [-0.39, 0.29) is 29.3 Å². The first-order valence-electron chi connectivity index (χ1n) is 10.8. The second kappa shape index (κ2) is 10.5. The zero-order valence-electron chi connectivity index (χ0n) is 19.3. The van der Waals surface area contributed by atoms with Crippen LogP contribution in [0.4, 0.5) is 13.2 Å². The largest absolute Gasteiger partial charge is 0.394 e. The number of hydrogen-bond donors (Lipinski definition) is 4. The highest BCUT2D eigenvalue weighted by molar-refractivity contribution is 7.88. The third-order valence-corrected chi connectivity index (χ3v) is 7.63. The molecule has 1 saturated heterocycles. The molecule has 1 fully saturated rings. The molecule has 0 spiro atoms. The standard InChI is InChI=1S/C22H22ClF3N6O3S2/c1-37(34,35)31-22(11-33)9-16-17(15(27)4-5-29-21(25)26)18(13-3-2-12(24)8-14(13)23)30-19(32(16)10-22)20-28-6-7-36-20/h2-8,18,21,27,29,31,33H,9-11H2,1H3/b5-4-,27-15?/t18-,22+/m0/s1. The maximum absolute atomic E-state index is 13.9. The summed E-state index contributed by atoms with van der Waals surface area (Å²) in [6.07, 6.45) is 4.51. The minimum atomic E-state index is -3.77. The molecule has 15 heteroatoms. The number of aliphatic hydroxyl groups excluding tert-OH is 1. The summed E-state index contributed by atoms with van der Waals surface area (Å²) in [4.78, 5) is 10.8. The van der Waals surface area contributed by atoms with Gasteiger partial charge in [0.15, 0.2) is 10.8 Å². The highest BCUT2D eigenvalue weighted by Gasteiger charge is 2.48. The molecule has 9 nitrogen and oxygen atoms in total. The number of aliphatic hydroxyl groups is 1. The average molecular weight is 575 g/mol. The van der Waals surface area contributed by atoms with Crippen LogP contribution in [0.2, 0.25) is 5.02 Å². The normalized spacial score (nSPS) is 22.1.